The van der Waals surface area contributed by atoms with Crippen LogP contribution in [-0.2, 0) is 9.53 Å². The zero-order chi connectivity index (χ0) is 17.1. The topological polar surface area (TPSA) is 67.4 Å². The summed E-state index contributed by atoms with van der Waals surface area (Å²) in [6, 6.07) is 4.08. The molecule has 128 valence electrons. The average molecular weight is 346 g/mol. The Morgan fingerprint density at radius 1 is 1.54 bits per heavy atom. The van der Waals surface area contributed by atoms with Crippen molar-refractivity contribution in [1.29, 1.82) is 0 Å². The first-order chi connectivity index (χ1) is 11.6. The van der Waals surface area contributed by atoms with Gasteiger partial charge < -0.3 is 15.0 Å². The lowest BCUT2D eigenvalue weighted by Crippen LogP contribution is -2.31. The number of likely N-dealkylation sites (tertiary alicyclic amines) is 1. The number of carbonyl (C=O) groups is 1. The molecule has 3 rings (SSSR count). The molecule has 3 heterocycles. The number of ether oxygens (including phenoxy) is 1. The quantitative estimate of drug-likeness (QED) is 0.643. The second-order valence-corrected chi connectivity index (χ2v) is 6.73. The maximum atomic E-state index is 12.3. The summed E-state index contributed by atoms with van der Waals surface area (Å²) in [6.45, 7) is 7.64. The fourth-order valence-electron chi connectivity index (χ4n) is 2.99. The highest BCUT2D eigenvalue weighted by Gasteiger charge is 2.31. The van der Waals surface area contributed by atoms with Gasteiger partial charge in [-0.05, 0) is 43.4 Å². The van der Waals surface area contributed by atoms with Crippen molar-refractivity contribution in [2.45, 2.75) is 25.8 Å². The predicted molar refractivity (Wildman–Crippen MR) is 96.3 cm³/mol. The van der Waals surface area contributed by atoms with Gasteiger partial charge in [-0.15, -0.1) is 0 Å². The molecule has 6 nitrogen and oxygen atoms in total. The fourth-order valence-corrected chi connectivity index (χ4v) is 3.74. The van der Waals surface area contributed by atoms with Gasteiger partial charge in [0.1, 0.15) is 10.6 Å². The van der Waals surface area contributed by atoms with E-state index in [4.69, 9.17) is 9.72 Å². The molecular formula is C17H22N4O2S. The van der Waals surface area contributed by atoms with Gasteiger partial charge in [0.2, 0.25) is 5.91 Å². The molecule has 1 atom stereocenters. The van der Waals surface area contributed by atoms with Crippen LogP contribution in [0.25, 0.3) is 10.2 Å². The zero-order valence-corrected chi connectivity index (χ0v) is 14.9. The molecule has 1 saturated heterocycles. The Morgan fingerprint density at radius 3 is 3.12 bits per heavy atom. The molecule has 1 fully saturated rings. The van der Waals surface area contributed by atoms with E-state index in [1.165, 1.54) is 11.5 Å². The summed E-state index contributed by atoms with van der Waals surface area (Å²) in [5.74, 6) is 0.859. The van der Waals surface area contributed by atoms with E-state index < -0.39 is 0 Å². The Morgan fingerprint density at radius 2 is 2.38 bits per heavy atom. The average Bonchev–Trinajstić information content (AvgIpc) is 3.21. The molecule has 24 heavy (non-hydrogen) atoms. The summed E-state index contributed by atoms with van der Waals surface area (Å²) in [7, 11) is 1.67. The molecule has 1 aliphatic rings. The summed E-state index contributed by atoms with van der Waals surface area (Å²) in [4.78, 5) is 19.8. The van der Waals surface area contributed by atoms with Gasteiger partial charge in [0.15, 0.2) is 0 Å². The summed E-state index contributed by atoms with van der Waals surface area (Å²) in [6.07, 6.45) is 1.94. The first kappa shape index (κ1) is 16.9. The van der Waals surface area contributed by atoms with Crippen molar-refractivity contribution in [3.8, 4) is 0 Å². The van der Waals surface area contributed by atoms with Crippen molar-refractivity contribution in [2.75, 3.05) is 32.1 Å². The van der Waals surface area contributed by atoms with Crippen molar-refractivity contribution in [2.24, 2.45) is 0 Å². The van der Waals surface area contributed by atoms with Crippen LogP contribution in [0.4, 0.5) is 5.82 Å². The maximum absolute atomic E-state index is 12.3. The van der Waals surface area contributed by atoms with E-state index in [9.17, 15) is 4.79 Å². The number of fused-ring (bicyclic) bond motifs is 1. The zero-order valence-electron chi connectivity index (χ0n) is 14.0. The van der Waals surface area contributed by atoms with Crippen molar-refractivity contribution >= 4 is 33.5 Å². The minimum absolute atomic E-state index is 0.0191. The van der Waals surface area contributed by atoms with Gasteiger partial charge in [-0.25, -0.2) is 4.98 Å². The highest BCUT2D eigenvalue weighted by atomic mass is 32.1. The Balaban J connectivity index is 1.83. The molecule has 1 N–H and O–H groups in total. The molecule has 1 amide bonds. The maximum Gasteiger partial charge on any atom is 0.249 e. The number of pyridine rings is 1. The molecule has 0 aromatic carbocycles. The summed E-state index contributed by atoms with van der Waals surface area (Å²) >= 11 is 1.38. The third kappa shape index (κ3) is 3.27. The standard InChI is InChI=1S/C17H22N4O2S/c1-11(2)17(22)21-9-4-5-14(21)13-7-6-12-15(18-8-10-23-3)20-24-16(12)19-13/h6-7,14H,1,4-5,8-10H2,2-3H3,(H,18,20). The first-order valence-corrected chi connectivity index (χ1v) is 8.84. The van der Waals surface area contributed by atoms with Crippen LogP contribution in [0.15, 0.2) is 24.3 Å². The molecular weight excluding hydrogens is 324 g/mol. The molecule has 2 aromatic heterocycles. The fraction of sp³-hybridized carbons (Fsp3) is 0.471. The molecule has 2 aromatic rings. The number of methoxy groups -OCH3 is 1. The molecule has 0 bridgehead atoms. The normalized spacial score (nSPS) is 17.4. The molecule has 0 saturated carbocycles. The highest BCUT2D eigenvalue weighted by molar-refractivity contribution is 7.13. The van der Waals surface area contributed by atoms with Crippen LogP contribution < -0.4 is 5.32 Å². The van der Waals surface area contributed by atoms with Gasteiger partial charge in [-0.2, -0.15) is 4.37 Å². The molecule has 0 aliphatic carbocycles. The van der Waals surface area contributed by atoms with Crippen LogP contribution in [0.5, 0.6) is 0 Å². The smallest absolute Gasteiger partial charge is 0.249 e. The van der Waals surface area contributed by atoms with E-state index in [2.05, 4.69) is 16.3 Å². The monoisotopic (exact) mass is 346 g/mol. The van der Waals surface area contributed by atoms with Gasteiger partial charge in [0, 0.05) is 25.8 Å². The molecule has 0 radical (unpaired) electrons. The Kier molecular flexibility index (Phi) is 5.11. The number of nitrogens with zero attached hydrogens (tertiary/aromatic N) is 3. The summed E-state index contributed by atoms with van der Waals surface area (Å²) in [5.41, 5.74) is 1.51. The lowest BCUT2D eigenvalue weighted by Gasteiger charge is -2.24. The highest BCUT2D eigenvalue weighted by Crippen LogP contribution is 2.34. The third-order valence-corrected chi connectivity index (χ3v) is 4.94. The molecule has 0 spiro atoms. The first-order valence-electron chi connectivity index (χ1n) is 8.07. The molecule has 1 aliphatic heterocycles. The lowest BCUT2D eigenvalue weighted by atomic mass is 10.1. The SMILES string of the molecule is C=C(C)C(=O)N1CCCC1c1ccc2c(NCCOC)nsc2n1. The predicted octanol–water partition coefficient (Wildman–Crippen LogP) is 2.99. The number of amides is 1. The van der Waals surface area contributed by atoms with Crippen LogP contribution in [0.3, 0.4) is 0 Å². The Bertz CT molecular complexity index is 758. The van der Waals surface area contributed by atoms with Crippen molar-refractivity contribution in [3.63, 3.8) is 0 Å². The van der Waals surface area contributed by atoms with Crippen LogP contribution in [-0.4, -0.2) is 47.0 Å². The number of aromatic nitrogens is 2. The summed E-state index contributed by atoms with van der Waals surface area (Å²) in [5, 5.41) is 4.27. The van der Waals surface area contributed by atoms with E-state index >= 15 is 0 Å². The van der Waals surface area contributed by atoms with Gasteiger partial charge in [-0.3, -0.25) is 4.79 Å². The molecule has 7 heteroatoms. The minimum atomic E-state index is 0.0191. The van der Waals surface area contributed by atoms with Crippen LogP contribution >= 0.6 is 11.5 Å². The van der Waals surface area contributed by atoms with Gasteiger partial charge in [0.25, 0.3) is 0 Å². The van der Waals surface area contributed by atoms with Crippen LogP contribution in [0, 0.1) is 0 Å². The lowest BCUT2D eigenvalue weighted by molar-refractivity contribution is -0.128. The number of anilines is 1. The minimum Gasteiger partial charge on any atom is -0.383 e. The second-order valence-electron chi connectivity index (χ2n) is 5.98. The Labute approximate surface area is 145 Å². The van der Waals surface area contributed by atoms with E-state index in [0.29, 0.717) is 18.7 Å². The van der Waals surface area contributed by atoms with Crippen LogP contribution in [0.2, 0.25) is 0 Å². The van der Waals surface area contributed by atoms with Crippen molar-refractivity contribution < 1.29 is 9.53 Å². The van der Waals surface area contributed by atoms with E-state index in [1.54, 1.807) is 14.0 Å². The van der Waals surface area contributed by atoms with Gasteiger partial charge in [-0.1, -0.05) is 6.58 Å². The Hall–Kier alpha value is -1.99. The number of rotatable bonds is 6. The van der Waals surface area contributed by atoms with Crippen molar-refractivity contribution in [1.82, 2.24) is 14.3 Å². The van der Waals surface area contributed by atoms with Crippen LogP contribution in [0.1, 0.15) is 31.5 Å². The number of hydrogen-bond donors (Lipinski definition) is 1. The van der Waals surface area contributed by atoms with E-state index in [-0.39, 0.29) is 11.9 Å². The number of nitrogens with one attached hydrogen (secondary N) is 1. The third-order valence-electron chi connectivity index (χ3n) is 4.18. The van der Waals surface area contributed by atoms with E-state index in [0.717, 1.165) is 41.1 Å². The van der Waals surface area contributed by atoms with E-state index in [1.807, 2.05) is 17.0 Å². The number of hydrogen-bond acceptors (Lipinski definition) is 6. The summed E-state index contributed by atoms with van der Waals surface area (Å²) < 4.78 is 9.48. The van der Waals surface area contributed by atoms with Gasteiger partial charge in [0.05, 0.1) is 23.7 Å². The van der Waals surface area contributed by atoms with Gasteiger partial charge >= 0.3 is 0 Å². The second kappa shape index (κ2) is 7.27. The van der Waals surface area contributed by atoms with Crippen molar-refractivity contribution in [3.05, 3.63) is 30.0 Å². The number of carbonyl (C=O) groups excluding carboxylic acids is 1. The molecule has 1 unspecified atom stereocenters. The largest absolute Gasteiger partial charge is 0.383 e.